The van der Waals surface area contributed by atoms with Gasteiger partial charge in [0.1, 0.15) is 11.4 Å². The van der Waals surface area contributed by atoms with Gasteiger partial charge in [-0.1, -0.05) is 0 Å². The fourth-order valence-corrected chi connectivity index (χ4v) is 3.56. The minimum absolute atomic E-state index is 0.00675. The molecule has 0 amide bonds. The van der Waals surface area contributed by atoms with E-state index in [2.05, 4.69) is 4.98 Å². The molecule has 1 saturated heterocycles. The molecule has 10 heteroatoms. The van der Waals surface area contributed by atoms with Gasteiger partial charge in [0.05, 0.1) is 25.9 Å². The van der Waals surface area contributed by atoms with Gasteiger partial charge in [-0.05, 0) is 27.2 Å². The number of morpholine rings is 1. The number of rotatable bonds is 5. The Morgan fingerprint density at radius 3 is 2.57 bits per heavy atom. The lowest BCUT2D eigenvalue weighted by atomic mass is 9.92. The van der Waals surface area contributed by atoms with Crippen LogP contribution in [-0.2, 0) is 16.0 Å². The molecule has 0 bridgehead atoms. The van der Waals surface area contributed by atoms with Crippen molar-refractivity contribution in [2.24, 2.45) is 0 Å². The molecule has 2 aliphatic heterocycles. The van der Waals surface area contributed by atoms with Crippen molar-refractivity contribution in [3.05, 3.63) is 16.4 Å². The summed E-state index contributed by atoms with van der Waals surface area (Å²) in [5, 5.41) is 0. The van der Waals surface area contributed by atoms with Gasteiger partial charge in [0.15, 0.2) is 0 Å². The molecule has 0 radical (unpaired) electrons. The summed E-state index contributed by atoms with van der Waals surface area (Å²) in [5.74, 6) is 0.438. The lowest BCUT2D eigenvalue weighted by Gasteiger charge is -2.47. The summed E-state index contributed by atoms with van der Waals surface area (Å²) < 4.78 is 54.1. The molecule has 3 heterocycles. The first kappa shape index (κ1) is 20.9. The average Bonchev–Trinajstić information content (AvgIpc) is 2.63. The van der Waals surface area contributed by atoms with E-state index in [-0.39, 0.29) is 43.7 Å². The molecule has 2 aliphatic rings. The van der Waals surface area contributed by atoms with Crippen molar-refractivity contribution in [2.45, 2.75) is 51.6 Å². The van der Waals surface area contributed by atoms with Gasteiger partial charge in [0, 0.05) is 32.2 Å². The smallest absolute Gasteiger partial charge is 0.378 e. The van der Waals surface area contributed by atoms with Crippen LogP contribution in [-0.4, -0.2) is 66.8 Å². The number of halogens is 3. The van der Waals surface area contributed by atoms with Gasteiger partial charge < -0.3 is 19.3 Å². The van der Waals surface area contributed by atoms with Crippen LogP contribution in [0.5, 0.6) is 0 Å². The Hall–Kier alpha value is -1.81. The van der Waals surface area contributed by atoms with Crippen molar-refractivity contribution in [3.8, 4) is 0 Å². The lowest BCUT2D eigenvalue weighted by molar-refractivity contribution is -0.187. The van der Waals surface area contributed by atoms with Crippen molar-refractivity contribution in [2.75, 3.05) is 49.3 Å². The molecule has 0 spiro atoms. The first-order valence-corrected chi connectivity index (χ1v) is 9.54. The van der Waals surface area contributed by atoms with E-state index in [9.17, 15) is 18.0 Å². The van der Waals surface area contributed by atoms with E-state index in [1.807, 2.05) is 18.7 Å². The van der Waals surface area contributed by atoms with E-state index in [1.165, 1.54) is 22.5 Å². The minimum Gasteiger partial charge on any atom is -0.378 e. The number of ether oxygens (including phenoxy) is 2. The highest BCUT2D eigenvalue weighted by molar-refractivity contribution is 5.48. The molecule has 7 nitrogen and oxygen atoms in total. The lowest BCUT2D eigenvalue weighted by Crippen LogP contribution is -2.62. The van der Waals surface area contributed by atoms with Crippen molar-refractivity contribution in [1.29, 1.82) is 0 Å². The Morgan fingerprint density at radius 2 is 1.96 bits per heavy atom. The number of anilines is 2. The van der Waals surface area contributed by atoms with E-state index in [4.69, 9.17) is 9.47 Å². The Balaban J connectivity index is 2.01. The summed E-state index contributed by atoms with van der Waals surface area (Å²) in [6, 6.07) is 1.40. The molecule has 28 heavy (non-hydrogen) atoms. The molecular weight excluding hydrogens is 377 g/mol. The van der Waals surface area contributed by atoms with E-state index < -0.39 is 11.7 Å². The molecule has 1 fully saturated rings. The summed E-state index contributed by atoms with van der Waals surface area (Å²) in [6.07, 6.45) is -4.79. The topological polar surface area (TPSA) is 59.8 Å². The van der Waals surface area contributed by atoms with Gasteiger partial charge in [-0.3, -0.25) is 9.36 Å². The Morgan fingerprint density at radius 1 is 1.29 bits per heavy atom. The van der Waals surface area contributed by atoms with Crippen molar-refractivity contribution >= 4 is 11.8 Å². The molecule has 1 aromatic heterocycles. The maximum absolute atomic E-state index is 14.0. The van der Waals surface area contributed by atoms with Gasteiger partial charge in [-0.15, -0.1) is 0 Å². The second-order valence-electron chi connectivity index (χ2n) is 7.60. The third kappa shape index (κ3) is 3.98. The van der Waals surface area contributed by atoms with Crippen LogP contribution in [0.3, 0.4) is 0 Å². The molecular formula is C18H27F3N4O3. The molecule has 158 valence electrons. The average molecular weight is 404 g/mol. The molecule has 0 unspecified atom stereocenters. The Kier molecular flexibility index (Phi) is 5.90. The fraction of sp³-hybridized carbons (Fsp3) is 0.778. The number of nitrogens with zero attached hydrogens (tertiary/aromatic N) is 4. The molecule has 0 N–H and O–H groups in total. The number of fused-ring (bicyclic) bond motifs is 1. The zero-order chi connectivity index (χ0) is 20.5. The van der Waals surface area contributed by atoms with Crippen molar-refractivity contribution < 1.29 is 22.6 Å². The summed E-state index contributed by atoms with van der Waals surface area (Å²) in [6.45, 7) is 6.97. The quantitative estimate of drug-likeness (QED) is 0.749. The second kappa shape index (κ2) is 7.90. The summed E-state index contributed by atoms with van der Waals surface area (Å²) in [5.41, 5.74) is -2.46. The van der Waals surface area contributed by atoms with Crippen LogP contribution in [0, 0.1) is 0 Å². The van der Waals surface area contributed by atoms with Crippen LogP contribution >= 0.6 is 0 Å². The highest BCUT2D eigenvalue weighted by Gasteiger charge is 2.57. The number of aromatic nitrogens is 2. The number of alkyl halides is 3. The molecule has 1 atom stereocenters. The predicted molar refractivity (Wildman–Crippen MR) is 99.0 cm³/mol. The molecule has 3 rings (SSSR count). The molecule has 0 saturated carbocycles. The Bertz CT molecular complexity index is 747. The van der Waals surface area contributed by atoms with E-state index >= 15 is 0 Å². The number of hydrogen-bond acceptors (Lipinski definition) is 6. The zero-order valence-corrected chi connectivity index (χ0v) is 16.5. The maximum Gasteiger partial charge on any atom is 0.411 e. The van der Waals surface area contributed by atoms with Crippen molar-refractivity contribution in [3.63, 3.8) is 0 Å². The summed E-state index contributed by atoms with van der Waals surface area (Å²) >= 11 is 0. The highest BCUT2D eigenvalue weighted by Crippen LogP contribution is 2.43. The normalized spacial score (nSPS) is 23.2. The van der Waals surface area contributed by atoms with E-state index in [0.717, 1.165) is 0 Å². The van der Waals surface area contributed by atoms with Gasteiger partial charge >= 0.3 is 6.18 Å². The Labute approximate surface area is 162 Å². The van der Waals surface area contributed by atoms with Gasteiger partial charge in [0.2, 0.25) is 5.95 Å². The van der Waals surface area contributed by atoms with E-state index in [0.29, 0.717) is 32.1 Å². The molecule has 0 aliphatic carbocycles. The SMILES string of the molecule is CC(C)OCCN1c2nc(N3CCOCC3)cc(=O)n2CC[C@]1(C)C(F)(F)F. The van der Waals surface area contributed by atoms with Crippen LogP contribution in [0.4, 0.5) is 24.9 Å². The van der Waals surface area contributed by atoms with Gasteiger partial charge in [-0.2, -0.15) is 18.2 Å². The first-order chi connectivity index (χ1) is 13.1. The van der Waals surface area contributed by atoms with Crippen LogP contribution in [0.1, 0.15) is 27.2 Å². The van der Waals surface area contributed by atoms with Gasteiger partial charge in [0.25, 0.3) is 5.56 Å². The fourth-order valence-electron chi connectivity index (χ4n) is 3.56. The number of hydrogen-bond donors (Lipinski definition) is 0. The van der Waals surface area contributed by atoms with Gasteiger partial charge in [-0.25, -0.2) is 0 Å². The molecule has 1 aromatic rings. The third-order valence-electron chi connectivity index (χ3n) is 5.35. The van der Waals surface area contributed by atoms with Crippen LogP contribution < -0.4 is 15.4 Å². The molecule has 0 aromatic carbocycles. The van der Waals surface area contributed by atoms with Crippen LogP contribution in [0.15, 0.2) is 10.9 Å². The highest BCUT2D eigenvalue weighted by atomic mass is 19.4. The first-order valence-electron chi connectivity index (χ1n) is 9.54. The monoisotopic (exact) mass is 404 g/mol. The summed E-state index contributed by atoms with van der Waals surface area (Å²) in [7, 11) is 0. The van der Waals surface area contributed by atoms with E-state index in [1.54, 1.807) is 0 Å². The second-order valence-corrected chi connectivity index (χ2v) is 7.60. The minimum atomic E-state index is -4.47. The predicted octanol–water partition coefficient (Wildman–Crippen LogP) is 2.04. The summed E-state index contributed by atoms with van der Waals surface area (Å²) in [4.78, 5) is 20.2. The standard InChI is InChI=1S/C18H27F3N4O3/c1-13(2)28-11-8-25-16-22-14(23-6-9-27-10-7-23)12-15(26)24(16)5-4-17(25,3)18(19,20)21/h12-13H,4-11H2,1-3H3/t17-/m1/s1. The maximum atomic E-state index is 14.0. The largest absolute Gasteiger partial charge is 0.411 e. The third-order valence-corrected chi connectivity index (χ3v) is 5.35. The van der Waals surface area contributed by atoms with Crippen LogP contribution in [0.2, 0.25) is 0 Å². The van der Waals surface area contributed by atoms with Crippen molar-refractivity contribution in [1.82, 2.24) is 9.55 Å². The zero-order valence-electron chi connectivity index (χ0n) is 16.5. The van der Waals surface area contributed by atoms with Crippen LogP contribution in [0.25, 0.3) is 0 Å².